The molecule has 0 spiro atoms. The van der Waals surface area contributed by atoms with Crippen molar-refractivity contribution in [1.29, 1.82) is 0 Å². The zero-order chi connectivity index (χ0) is 9.90. The van der Waals surface area contributed by atoms with E-state index in [4.69, 9.17) is 5.73 Å². The molecule has 0 aromatic carbocycles. The standard InChI is InChI=1S/C9H18N2OS/c1-11-9(8(10)12)5-3-4-7(6-9)13-2/h7,11H,3-6H2,1-2H3,(H2,10,12). The zero-order valence-corrected chi connectivity index (χ0v) is 9.12. The summed E-state index contributed by atoms with van der Waals surface area (Å²) in [5.41, 5.74) is 4.98. The Kier molecular flexibility index (Phi) is 3.62. The van der Waals surface area contributed by atoms with Crippen molar-refractivity contribution in [3.63, 3.8) is 0 Å². The van der Waals surface area contributed by atoms with Gasteiger partial charge in [0.25, 0.3) is 0 Å². The molecule has 2 atom stereocenters. The molecule has 2 unspecified atom stereocenters. The van der Waals surface area contributed by atoms with Crippen LogP contribution in [-0.4, -0.2) is 30.0 Å². The van der Waals surface area contributed by atoms with E-state index in [1.807, 2.05) is 18.8 Å². The second-order valence-electron chi connectivity index (χ2n) is 3.65. The Labute approximate surface area is 83.8 Å². The van der Waals surface area contributed by atoms with Crippen molar-refractivity contribution in [1.82, 2.24) is 5.32 Å². The highest BCUT2D eigenvalue weighted by Crippen LogP contribution is 2.33. The molecular formula is C9H18N2OS. The van der Waals surface area contributed by atoms with E-state index in [1.165, 1.54) is 6.42 Å². The number of carbonyl (C=O) groups is 1. The molecule has 1 saturated carbocycles. The van der Waals surface area contributed by atoms with Crippen LogP contribution in [0.15, 0.2) is 0 Å². The highest BCUT2D eigenvalue weighted by atomic mass is 32.2. The summed E-state index contributed by atoms with van der Waals surface area (Å²) in [6.45, 7) is 0. The summed E-state index contributed by atoms with van der Waals surface area (Å²) in [5.74, 6) is -0.200. The lowest BCUT2D eigenvalue weighted by Crippen LogP contribution is -2.57. The third kappa shape index (κ3) is 2.17. The monoisotopic (exact) mass is 202 g/mol. The molecule has 0 aromatic rings. The van der Waals surface area contributed by atoms with Gasteiger partial charge >= 0.3 is 0 Å². The van der Waals surface area contributed by atoms with Crippen molar-refractivity contribution < 1.29 is 4.79 Å². The molecule has 0 aromatic heterocycles. The lowest BCUT2D eigenvalue weighted by Gasteiger charge is -2.37. The molecule has 13 heavy (non-hydrogen) atoms. The Balaban J connectivity index is 2.69. The van der Waals surface area contributed by atoms with Gasteiger partial charge in [-0.1, -0.05) is 0 Å². The third-order valence-corrected chi connectivity index (χ3v) is 4.06. The maximum atomic E-state index is 11.3. The van der Waals surface area contributed by atoms with E-state index < -0.39 is 5.54 Å². The topological polar surface area (TPSA) is 55.1 Å². The molecule has 3 N–H and O–H groups in total. The van der Waals surface area contributed by atoms with E-state index in [2.05, 4.69) is 11.6 Å². The summed E-state index contributed by atoms with van der Waals surface area (Å²) < 4.78 is 0. The number of carbonyl (C=O) groups excluding carboxylic acids is 1. The van der Waals surface area contributed by atoms with Crippen LogP contribution in [0.3, 0.4) is 0 Å². The van der Waals surface area contributed by atoms with Gasteiger partial charge in [0, 0.05) is 5.25 Å². The Morgan fingerprint density at radius 3 is 2.85 bits per heavy atom. The fourth-order valence-corrected chi connectivity index (χ4v) is 2.85. The van der Waals surface area contributed by atoms with Crippen LogP contribution in [0.5, 0.6) is 0 Å². The van der Waals surface area contributed by atoms with Crippen LogP contribution in [-0.2, 0) is 4.79 Å². The highest BCUT2D eigenvalue weighted by molar-refractivity contribution is 7.99. The number of rotatable bonds is 3. The molecule has 1 fully saturated rings. The maximum Gasteiger partial charge on any atom is 0.237 e. The van der Waals surface area contributed by atoms with E-state index in [-0.39, 0.29) is 5.91 Å². The normalized spacial score (nSPS) is 34.5. The number of hydrogen-bond donors (Lipinski definition) is 2. The number of primary amides is 1. The first kappa shape index (κ1) is 10.9. The maximum absolute atomic E-state index is 11.3. The Morgan fingerprint density at radius 2 is 2.38 bits per heavy atom. The van der Waals surface area contributed by atoms with Gasteiger partial charge in [0.2, 0.25) is 5.91 Å². The van der Waals surface area contributed by atoms with Crippen LogP contribution in [0, 0.1) is 0 Å². The smallest absolute Gasteiger partial charge is 0.237 e. The Bertz CT molecular complexity index is 198. The molecule has 0 saturated heterocycles. The minimum Gasteiger partial charge on any atom is -0.368 e. The summed E-state index contributed by atoms with van der Waals surface area (Å²) in [6.07, 6.45) is 6.15. The molecule has 1 aliphatic carbocycles. The zero-order valence-electron chi connectivity index (χ0n) is 8.30. The van der Waals surface area contributed by atoms with Crippen LogP contribution in [0.25, 0.3) is 0 Å². The van der Waals surface area contributed by atoms with Gasteiger partial charge in [-0.15, -0.1) is 0 Å². The molecule has 0 heterocycles. The summed E-state index contributed by atoms with van der Waals surface area (Å²) in [4.78, 5) is 11.3. The summed E-state index contributed by atoms with van der Waals surface area (Å²) >= 11 is 1.83. The van der Waals surface area contributed by atoms with E-state index in [0.29, 0.717) is 5.25 Å². The van der Waals surface area contributed by atoms with Gasteiger partial charge in [0.05, 0.1) is 5.54 Å². The van der Waals surface area contributed by atoms with E-state index >= 15 is 0 Å². The van der Waals surface area contributed by atoms with Crippen LogP contribution < -0.4 is 11.1 Å². The van der Waals surface area contributed by atoms with Crippen molar-refractivity contribution in [2.45, 2.75) is 36.5 Å². The van der Waals surface area contributed by atoms with E-state index in [0.717, 1.165) is 19.3 Å². The van der Waals surface area contributed by atoms with Gasteiger partial charge in [-0.3, -0.25) is 4.79 Å². The van der Waals surface area contributed by atoms with Gasteiger partial charge in [-0.2, -0.15) is 11.8 Å². The number of amides is 1. The van der Waals surface area contributed by atoms with Crippen LogP contribution >= 0.6 is 11.8 Å². The van der Waals surface area contributed by atoms with E-state index in [9.17, 15) is 4.79 Å². The fourth-order valence-electron chi connectivity index (χ4n) is 2.00. The predicted octanol–water partition coefficient (Wildman–Crippen LogP) is 0.735. The molecule has 1 rings (SSSR count). The van der Waals surface area contributed by atoms with Gasteiger partial charge in [0.15, 0.2) is 0 Å². The molecule has 0 bridgehead atoms. The van der Waals surface area contributed by atoms with Gasteiger partial charge in [-0.25, -0.2) is 0 Å². The van der Waals surface area contributed by atoms with Crippen LogP contribution in [0.2, 0.25) is 0 Å². The largest absolute Gasteiger partial charge is 0.368 e. The van der Waals surface area contributed by atoms with Crippen LogP contribution in [0.1, 0.15) is 25.7 Å². The van der Waals surface area contributed by atoms with Crippen molar-refractivity contribution in [2.24, 2.45) is 5.73 Å². The molecule has 76 valence electrons. The lowest BCUT2D eigenvalue weighted by molar-refractivity contribution is -0.125. The molecule has 0 radical (unpaired) electrons. The van der Waals surface area contributed by atoms with Gasteiger partial charge in [0.1, 0.15) is 0 Å². The van der Waals surface area contributed by atoms with Gasteiger partial charge < -0.3 is 11.1 Å². The van der Waals surface area contributed by atoms with E-state index in [1.54, 1.807) is 0 Å². The summed E-state index contributed by atoms with van der Waals surface area (Å²) in [5, 5.41) is 3.67. The van der Waals surface area contributed by atoms with Crippen LogP contribution in [0.4, 0.5) is 0 Å². The summed E-state index contributed by atoms with van der Waals surface area (Å²) in [6, 6.07) is 0. The first-order valence-electron chi connectivity index (χ1n) is 4.66. The predicted molar refractivity (Wildman–Crippen MR) is 56.8 cm³/mol. The molecule has 3 nitrogen and oxygen atoms in total. The van der Waals surface area contributed by atoms with Crippen molar-refractivity contribution in [3.8, 4) is 0 Å². The Morgan fingerprint density at radius 1 is 1.69 bits per heavy atom. The quantitative estimate of drug-likeness (QED) is 0.709. The number of likely N-dealkylation sites (N-methyl/N-ethyl adjacent to an activating group) is 1. The minimum absolute atomic E-state index is 0.200. The number of thioether (sulfide) groups is 1. The number of nitrogens with one attached hydrogen (secondary N) is 1. The summed E-state index contributed by atoms with van der Waals surface area (Å²) in [7, 11) is 1.83. The first-order chi connectivity index (χ1) is 6.14. The SMILES string of the molecule is CNC1(C(N)=O)CCCC(SC)C1. The average molecular weight is 202 g/mol. The number of nitrogens with two attached hydrogens (primary N) is 1. The lowest BCUT2D eigenvalue weighted by atomic mass is 9.81. The van der Waals surface area contributed by atoms with Crippen molar-refractivity contribution in [3.05, 3.63) is 0 Å². The second-order valence-corrected chi connectivity index (χ2v) is 4.79. The van der Waals surface area contributed by atoms with Crippen molar-refractivity contribution in [2.75, 3.05) is 13.3 Å². The molecule has 0 aliphatic heterocycles. The molecular weight excluding hydrogens is 184 g/mol. The molecule has 1 aliphatic rings. The molecule has 4 heteroatoms. The highest BCUT2D eigenvalue weighted by Gasteiger charge is 2.39. The minimum atomic E-state index is -0.439. The van der Waals surface area contributed by atoms with Crippen molar-refractivity contribution >= 4 is 17.7 Å². The average Bonchev–Trinajstić information content (AvgIpc) is 2.17. The first-order valence-corrected chi connectivity index (χ1v) is 5.95. The number of hydrogen-bond acceptors (Lipinski definition) is 3. The third-order valence-electron chi connectivity index (χ3n) is 2.99. The molecule has 1 amide bonds. The van der Waals surface area contributed by atoms with Gasteiger partial charge in [-0.05, 0) is 39.0 Å². The fraction of sp³-hybridized carbons (Fsp3) is 0.889. The second kappa shape index (κ2) is 4.33. The Hall–Kier alpha value is -0.220.